The third-order valence-corrected chi connectivity index (χ3v) is 2.45. The number of aliphatic hydroxyl groups is 1. The van der Waals surface area contributed by atoms with E-state index in [9.17, 15) is 5.11 Å². The molecule has 0 saturated heterocycles. The summed E-state index contributed by atoms with van der Waals surface area (Å²) in [5.41, 5.74) is 4.69. The van der Waals surface area contributed by atoms with Crippen molar-refractivity contribution in [2.45, 2.75) is 26.4 Å². The third kappa shape index (κ3) is 3.12. The highest BCUT2D eigenvalue weighted by Gasteiger charge is 2.19. The number of rotatable bonds is 4. The molecule has 0 aliphatic rings. The summed E-state index contributed by atoms with van der Waals surface area (Å²) in [6.07, 6.45) is 0. The van der Waals surface area contributed by atoms with Crippen LogP contribution in [0.5, 0.6) is 0 Å². The van der Waals surface area contributed by atoms with Gasteiger partial charge in [0.15, 0.2) is 0 Å². The molecule has 0 aliphatic heterocycles. The Morgan fingerprint density at radius 3 is 2.57 bits per heavy atom. The van der Waals surface area contributed by atoms with E-state index < -0.39 is 5.60 Å². The fraction of sp³-hybridized carbons (Fsp3) is 0.750. The average Bonchev–Trinajstić information content (AvgIpc) is 2.46. The van der Waals surface area contributed by atoms with Crippen LogP contribution in [0.4, 0.5) is 11.1 Å². The van der Waals surface area contributed by atoms with Crippen molar-refractivity contribution in [3.05, 3.63) is 0 Å². The number of anilines is 2. The summed E-state index contributed by atoms with van der Waals surface area (Å²) in [5, 5.41) is 10.4. The molecule has 5 nitrogen and oxygen atoms in total. The van der Waals surface area contributed by atoms with Gasteiger partial charge in [0.25, 0.3) is 0 Å². The molecule has 0 bridgehead atoms. The maximum Gasteiger partial charge on any atom is 0.233 e. The van der Waals surface area contributed by atoms with Crippen LogP contribution in [-0.2, 0) is 0 Å². The largest absolute Gasteiger partial charge is 0.389 e. The third-order valence-electron chi connectivity index (χ3n) is 1.66. The SMILES string of the molecule is CCN(CC(C)(C)O)c1nc(N)ns1. The first kappa shape index (κ1) is 11.2. The van der Waals surface area contributed by atoms with E-state index in [2.05, 4.69) is 9.36 Å². The molecule has 3 N–H and O–H groups in total. The number of aromatic nitrogens is 2. The number of likely N-dealkylation sites (N-methyl/N-ethyl adjacent to an activating group) is 1. The predicted octanol–water partition coefficient (Wildman–Crippen LogP) is 0.718. The summed E-state index contributed by atoms with van der Waals surface area (Å²) in [4.78, 5) is 6.02. The average molecular weight is 216 g/mol. The van der Waals surface area contributed by atoms with Gasteiger partial charge in [0.05, 0.1) is 5.60 Å². The molecular formula is C8H16N4OS. The lowest BCUT2D eigenvalue weighted by Gasteiger charge is -2.27. The van der Waals surface area contributed by atoms with Gasteiger partial charge < -0.3 is 15.7 Å². The first-order valence-electron chi connectivity index (χ1n) is 4.49. The lowest BCUT2D eigenvalue weighted by atomic mass is 10.1. The minimum atomic E-state index is -0.740. The highest BCUT2D eigenvalue weighted by Crippen LogP contribution is 2.19. The lowest BCUT2D eigenvalue weighted by molar-refractivity contribution is 0.0876. The first-order valence-corrected chi connectivity index (χ1v) is 5.26. The normalized spacial score (nSPS) is 11.7. The van der Waals surface area contributed by atoms with E-state index in [1.807, 2.05) is 11.8 Å². The van der Waals surface area contributed by atoms with Crippen molar-refractivity contribution in [1.29, 1.82) is 0 Å². The van der Waals surface area contributed by atoms with Crippen LogP contribution in [0, 0.1) is 0 Å². The predicted molar refractivity (Wildman–Crippen MR) is 58.5 cm³/mol. The van der Waals surface area contributed by atoms with E-state index in [1.54, 1.807) is 13.8 Å². The van der Waals surface area contributed by atoms with E-state index in [4.69, 9.17) is 5.73 Å². The smallest absolute Gasteiger partial charge is 0.233 e. The van der Waals surface area contributed by atoms with Crippen molar-refractivity contribution in [2.24, 2.45) is 0 Å². The second-order valence-corrected chi connectivity index (χ2v) is 4.49. The zero-order valence-corrected chi connectivity index (χ0v) is 9.51. The minimum Gasteiger partial charge on any atom is -0.389 e. The van der Waals surface area contributed by atoms with Crippen molar-refractivity contribution < 1.29 is 5.11 Å². The van der Waals surface area contributed by atoms with Crippen LogP contribution in [0.25, 0.3) is 0 Å². The quantitative estimate of drug-likeness (QED) is 0.775. The standard InChI is InChI=1S/C8H16N4OS/c1-4-12(5-8(2,3)13)7-10-6(9)11-14-7/h13H,4-5H2,1-3H3,(H2,9,11). The summed E-state index contributed by atoms with van der Waals surface area (Å²) in [6.45, 7) is 6.83. The Kier molecular flexibility index (Phi) is 3.28. The molecule has 1 heterocycles. The summed E-state index contributed by atoms with van der Waals surface area (Å²) < 4.78 is 3.90. The van der Waals surface area contributed by atoms with E-state index in [1.165, 1.54) is 11.5 Å². The van der Waals surface area contributed by atoms with Gasteiger partial charge in [0, 0.05) is 24.6 Å². The Labute approximate surface area is 87.7 Å². The summed E-state index contributed by atoms with van der Waals surface area (Å²) in [6, 6.07) is 0. The fourth-order valence-electron chi connectivity index (χ4n) is 1.14. The van der Waals surface area contributed by atoms with Gasteiger partial charge in [-0.2, -0.15) is 9.36 Å². The molecular weight excluding hydrogens is 200 g/mol. The Balaban J connectivity index is 2.72. The molecule has 0 amide bonds. The molecule has 0 unspecified atom stereocenters. The Morgan fingerprint density at radius 1 is 1.57 bits per heavy atom. The molecule has 1 aromatic heterocycles. The molecule has 80 valence electrons. The van der Waals surface area contributed by atoms with Gasteiger partial charge in [-0.05, 0) is 20.8 Å². The molecule has 0 aliphatic carbocycles. The lowest BCUT2D eigenvalue weighted by Crippen LogP contribution is -2.38. The van der Waals surface area contributed by atoms with Crippen molar-refractivity contribution in [3.8, 4) is 0 Å². The van der Waals surface area contributed by atoms with E-state index in [0.29, 0.717) is 12.5 Å². The second kappa shape index (κ2) is 4.10. The molecule has 14 heavy (non-hydrogen) atoms. The second-order valence-electron chi connectivity index (χ2n) is 3.76. The highest BCUT2D eigenvalue weighted by atomic mass is 32.1. The maximum absolute atomic E-state index is 9.67. The van der Waals surface area contributed by atoms with Gasteiger partial charge in [-0.15, -0.1) is 0 Å². The fourth-order valence-corrected chi connectivity index (χ4v) is 1.80. The molecule has 6 heteroatoms. The van der Waals surface area contributed by atoms with Crippen LogP contribution in [-0.4, -0.2) is 33.2 Å². The Hall–Kier alpha value is -0.880. The van der Waals surface area contributed by atoms with Gasteiger partial charge >= 0.3 is 0 Å². The minimum absolute atomic E-state index is 0.291. The molecule has 0 radical (unpaired) electrons. The van der Waals surface area contributed by atoms with Gasteiger partial charge in [0.1, 0.15) is 0 Å². The Bertz CT molecular complexity index is 294. The number of hydrogen-bond acceptors (Lipinski definition) is 6. The summed E-state index contributed by atoms with van der Waals surface area (Å²) >= 11 is 1.25. The van der Waals surface area contributed by atoms with Crippen molar-refractivity contribution in [2.75, 3.05) is 23.7 Å². The molecule has 0 atom stereocenters. The van der Waals surface area contributed by atoms with Crippen LogP contribution >= 0.6 is 11.5 Å². The molecule has 1 rings (SSSR count). The molecule has 0 aromatic carbocycles. The molecule has 1 aromatic rings. The van der Waals surface area contributed by atoms with E-state index in [-0.39, 0.29) is 0 Å². The topological polar surface area (TPSA) is 75.3 Å². The van der Waals surface area contributed by atoms with Crippen LogP contribution < -0.4 is 10.6 Å². The zero-order valence-electron chi connectivity index (χ0n) is 8.69. The molecule has 0 fully saturated rings. The van der Waals surface area contributed by atoms with Gasteiger partial charge in [-0.1, -0.05) is 0 Å². The number of nitrogens with two attached hydrogens (primary N) is 1. The maximum atomic E-state index is 9.67. The van der Waals surface area contributed by atoms with E-state index >= 15 is 0 Å². The first-order chi connectivity index (χ1) is 6.42. The number of nitrogens with zero attached hydrogens (tertiary/aromatic N) is 3. The van der Waals surface area contributed by atoms with Crippen molar-refractivity contribution in [1.82, 2.24) is 9.36 Å². The number of nitrogen functional groups attached to an aromatic ring is 1. The zero-order chi connectivity index (χ0) is 10.8. The highest BCUT2D eigenvalue weighted by molar-refractivity contribution is 7.09. The number of hydrogen-bond donors (Lipinski definition) is 2. The van der Waals surface area contributed by atoms with Crippen LogP contribution in [0.15, 0.2) is 0 Å². The molecule has 0 spiro atoms. The van der Waals surface area contributed by atoms with Crippen LogP contribution in [0.3, 0.4) is 0 Å². The van der Waals surface area contributed by atoms with Gasteiger partial charge in [-0.25, -0.2) is 0 Å². The van der Waals surface area contributed by atoms with Gasteiger partial charge in [0.2, 0.25) is 11.1 Å². The van der Waals surface area contributed by atoms with Crippen LogP contribution in [0.1, 0.15) is 20.8 Å². The monoisotopic (exact) mass is 216 g/mol. The summed E-state index contributed by atoms with van der Waals surface area (Å²) in [7, 11) is 0. The summed E-state index contributed by atoms with van der Waals surface area (Å²) in [5.74, 6) is 0.291. The van der Waals surface area contributed by atoms with Crippen molar-refractivity contribution in [3.63, 3.8) is 0 Å². The van der Waals surface area contributed by atoms with Crippen molar-refractivity contribution >= 4 is 22.6 Å². The Morgan fingerprint density at radius 2 is 2.21 bits per heavy atom. The molecule has 0 saturated carbocycles. The van der Waals surface area contributed by atoms with E-state index in [0.717, 1.165) is 11.7 Å². The van der Waals surface area contributed by atoms with Crippen LogP contribution in [0.2, 0.25) is 0 Å². The van der Waals surface area contributed by atoms with Gasteiger partial charge in [-0.3, -0.25) is 0 Å².